The first-order valence-electron chi connectivity index (χ1n) is 17.5. The average Bonchev–Trinajstić information content (AvgIpc) is 3.37. The summed E-state index contributed by atoms with van der Waals surface area (Å²) in [5.41, 5.74) is 4.35. The van der Waals surface area contributed by atoms with Crippen molar-refractivity contribution in [3.63, 3.8) is 0 Å². The molecule has 0 bridgehead atoms. The lowest BCUT2D eigenvalue weighted by atomic mass is 9.89. The van der Waals surface area contributed by atoms with E-state index in [0.29, 0.717) is 0 Å². The minimum atomic E-state index is -0.963. The molecule has 0 aliphatic carbocycles. The van der Waals surface area contributed by atoms with Gasteiger partial charge in [-0.1, -0.05) is 105 Å². The molecule has 10 heteroatoms. The van der Waals surface area contributed by atoms with E-state index in [0.717, 1.165) is 47.5 Å². The molecule has 3 amide bonds. The van der Waals surface area contributed by atoms with Crippen molar-refractivity contribution in [3.05, 3.63) is 107 Å². The van der Waals surface area contributed by atoms with Crippen molar-refractivity contribution in [1.29, 1.82) is 0 Å². The number of carbonyl (C=O) groups is 3. The predicted octanol–water partition coefficient (Wildman–Crippen LogP) is 5.79. The fourth-order valence-corrected chi connectivity index (χ4v) is 6.91. The van der Waals surface area contributed by atoms with Gasteiger partial charge in [0.1, 0.15) is 12.6 Å². The first-order valence-corrected chi connectivity index (χ1v) is 17.5. The van der Waals surface area contributed by atoms with Crippen LogP contribution in [0.25, 0.3) is 0 Å². The Bertz CT molecular complexity index is 1540. The van der Waals surface area contributed by atoms with Gasteiger partial charge in [-0.2, -0.15) is 0 Å². The predicted molar refractivity (Wildman–Crippen MR) is 183 cm³/mol. The Morgan fingerprint density at radius 3 is 2.18 bits per heavy atom. The largest absolute Gasteiger partial charge is 0.445 e. The molecule has 0 aromatic heterocycles. The summed E-state index contributed by atoms with van der Waals surface area (Å²) in [6.07, 6.45) is 4.54. The van der Waals surface area contributed by atoms with E-state index in [1.807, 2.05) is 78.9 Å². The summed E-state index contributed by atoms with van der Waals surface area (Å²) >= 11 is 0. The molecule has 3 aromatic carbocycles. The summed E-state index contributed by atoms with van der Waals surface area (Å²) in [4.78, 5) is 42.0. The zero-order valence-corrected chi connectivity index (χ0v) is 28.2. The topological polar surface area (TPSA) is 118 Å². The Labute approximate surface area is 288 Å². The van der Waals surface area contributed by atoms with Crippen LogP contribution in [0.5, 0.6) is 0 Å². The molecular weight excluding hydrogens is 622 g/mol. The molecule has 3 heterocycles. The molecule has 6 rings (SSSR count). The fraction of sp³-hybridized carbons (Fsp3) is 0.462. The highest BCUT2D eigenvalue weighted by Crippen LogP contribution is 2.42. The van der Waals surface area contributed by atoms with E-state index in [1.165, 1.54) is 37.0 Å². The third-order valence-corrected chi connectivity index (χ3v) is 9.85. The molecule has 3 saturated heterocycles. The van der Waals surface area contributed by atoms with Gasteiger partial charge in [0.2, 0.25) is 5.91 Å². The Kier molecular flexibility index (Phi) is 11.7. The molecule has 3 fully saturated rings. The number of nitrogens with zero attached hydrogens (tertiary/aromatic N) is 2. The van der Waals surface area contributed by atoms with Crippen LogP contribution in [0.15, 0.2) is 78.9 Å². The lowest BCUT2D eigenvalue weighted by Crippen LogP contribution is -2.45. The second-order valence-electron chi connectivity index (χ2n) is 13.4. The van der Waals surface area contributed by atoms with Crippen LogP contribution in [0.2, 0.25) is 0 Å². The maximum absolute atomic E-state index is 13.1. The van der Waals surface area contributed by atoms with Crippen LogP contribution >= 0.6 is 0 Å². The van der Waals surface area contributed by atoms with Gasteiger partial charge in [-0.25, -0.2) is 4.79 Å². The summed E-state index contributed by atoms with van der Waals surface area (Å²) in [7, 11) is 0. The number of alkyl carbamates (subject to hydrolysis) is 1. The van der Waals surface area contributed by atoms with Crippen LogP contribution in [-0.4, -0.2) is 64.6 Å². The molecule has 3 aliphatic heterocycles. The smallest absolute Gasteiger partial charge is 0.408 e. The molecule has 49 heavy (non-hydrogen) atoms. The third kappa shape index (κ3) is 8.93. The number of hydrogen-bond acceptors (Lipinski definition) is 8. The van der Waals surface area contributed by atoms with Crippen LogP contribution in [0, 0.1) is 5.92 Å². The van der Waals surface area contributed by atoms with E-state index in [-0.39, 0.29) is 50.2 Å². The average molecular weight is 670 g/mol. The summed E-state index contributed by atoms with van der Waals surface area (Å²) in [6, 6.07) is 23.8. The second-order valence-corrected chi connectivity index (χ2v) is 13.4. The van der Waals surface area contributed by atoms with Gasteiger partial charge in [-0.15, -0.1) is 0 Å². The standard InChI is InChI=1S/C39H47N3O7/c1-27-34(24-41-20-8-3-2-4-9-21-41)48-38(49-36(27)31-16-14-29(25-43)15-17-31)32-18-12-28(13-19-32)23-42-35(44)22-33(37(42)45)40-39(46)47-26-30-10-6-5-7-11-30/h5-7,10-19,27,33-34,36,38,43H,2-4,8-9,20-26H2,1H3,(H,40,46)/t27-,33?,34+,36+,38+/m0/s1. The normalized spacial score (nSPS) is 25.1. The first-order chi connectivity index (χ1) is 23.9. The van der Waals surface area contributed by atoms with Crippen molar-refractivity contribution >= 4 is 17.9 Å². The van der Waals surface area contributed by atoms with Gasteiger partial charge in [0.25, 0.3) is 5.91 Å². The number of carbonyl (C=O) groups excluding carboxylic acids is 3. The van der Waals surface area contributed by atoms with Crippen LogP contribution in [0.3, 0.4) is 0 Å². The molecular formula is C39H47N3O7. The van der Waals surface area contributed by atoms with E-state index in [1.54, 1.807) is 0 Å². The number of hydrogen-bond donors (Lipinski definition) is 2. The Balaban J connectivity index is 1.10. The van der Waals surface area contributed by atoms with Crippen LogP contribution in [0.4, 0.5) is 4.79 Å². The zero-order chi connectivity index (χ0) is 34.2. The number of aliphatic hydroxyl groups excluding tert-OH is 1. The molecule has 3 aliphatic rings. The van der Waals surface area contributed by atoms with Gasteiger partial charge in [-0.05, 0) is 48.2 Å². The Morgan fingerprint density at radius 2 is 1.49 bits per heavy atom. The van der Waals surface area contributed by atoms with Gasteiger partial charge in [0.15, 0.2) is 6.29 Å². The number of imide groups is 1. The monoisotopic (exact) mass is 669 g/mol. The van der Waals surface area contributed by atoms with Crippen LogP contribution < -0.4 is 5.32 Å². The van der Waals surface area contributed by atoms with Crippen molar-refractivity contribution in [1.82, 2.24) is 15.1 Å². The van der Waals surface area contributed by atoms with Gasteiger partial charge >= 0.3 is 6.09 Å². The van der Waals surface area contributed by atoms with E-state index in [4.69, 9.17) is 14.2 Å². The lowest BCUT2D eigenvalue weighted by molar-refractivity contribution is -0.276. The SMILES string of the molecule is C[C@H]1[C@@H](CN2CCCCCCC2)O[C@@H](c2ccc(CN3C(=O)CC(NC(=O)OCc4ccccc4)C3=O)cc2)O[C@H]1c1ccc(CO)cc1. The minimum absolute atomic E-state index is 0.00981. The van der Waals surface area contributed by atoms with Gasteiger partial charge in [-0.3, -0.25) is 14.5 Å². The molecule has 0 radical (unpaired) electrons. The quantitative estimate of drug-likeness (QED) is 0.261. The van der Waals surface area contributed by atoms with Crippen molar-refractivity contribution in [2.45, 2.75) is 89.7 Å². The molecule has 0 saturated carbocycles. The van der Waals surface area contributed by atoms with Crippen molar-refractivity contribution in [2.75, 3.05) is 19.6 Å². The minimum Gasteiger partial charge on any atom is -0.445 e. The first kappa shape index (κ1) is 34.8. The van der Waals surface area contributed by atoms with Crippen molar-refractivity contribution in [3.8, 4) is 0 Å². The van der Waals surface area contributed by atoms with E-state index < -0.39 is 24.3 Å². The molecule has 2 N–H and O–H groups in total. The molecule has 5 atom stereocenters. The molecule has 3 aromatic rings. The highest BCUT2D eigenvalue weighted by Gasteiger charge is 2.41. The highest BCUT2D eigenvalue weighted by atomic mass is 16.7. The zero-order valence-electron chi connectivity index (χ0n) is 28.2. The molecule has 0 spiro atoms. The number of ether oxygens (including phenoxy) is 3. The van der Waals surface area contributed by atoms with E-state index >= 15 is 0 Å². The fourth-order valence-electron chi connectivity index (χ4n) is 6.91. The third-order valence-electron chi connectivity index (χ3n) is 9.85. The number of aliphatic hydroxyl groups is 1. The van der Waals surface area contributed by atoms with E-state index in [2.05, 4.69) is 17.1 Å². The summed E-state index contributed by atoms with van der Waals surface area (Å²) in [5.74, 6) is -0.705. The van der Waals surface area contributed by atoms with Crippen LogP contribution in [-0.2, 0) is 43.6 Å². The van der Waals surface area contributed by atoms with E-state index in [9.17, 15) is 19.5 Å². The van der Waals surface area contributed by atoms with Gasteiger partial charge in [0, 0.05) is 18.0 Å². The van der Waals surface area contributed by atoms with Crippen molar-refractivity contribution in [2.24, 2.45) is 5.92 Å². The molecule has 1 unspecified atom stereocenters. The van der Waals surface area contributed by atoms with Crippen molar-refractivity contribution < 1.29 is 33.7 Å². The maximum Gasteiger partial charge on any atom is 0.408 e. The molecule has 10 nitrogen and oxygen atoms in total. The number of nitrogens with one attached hydrogen (secondary N) is 1. The lowest BCUT2D eigenvalue weighted by Gasteiger charge is -2.43. The maximum atomic E-state index is 13.1. The van der Waals surface area contributed by atoms with Gasteiger partial charge < -0.3 is 29.5 Å². The number of benzene rings is 3. The number of rotatable bonds is 10. The second kappa shape index (κ2) is 16.5. The van der Waals surface area contributed by atoms with Crippen LogP contribution in [0.1, 0.15) is 85.7 Å². The summed E-state index contributed by atoms with van der Waals surface area (Å²) in [5, 5.41) is 12.1. The van der Waals surface area contributed by atoms with Gasteiger partial charge in [0.05, 0.1) is 31.8 Å². The highest BCUT2D eigenvalue weighted by molar-refractivity contribution is 6.06. The summed E-state index contributed by atoms with van der Waals surface area (Å²) < 4.78 is 18.6. The Hall–Kier alpha value is -4.09. The summed E-state index contributed by atoms with van der Waals surface area (Å²) in [6.45, 7) is 5.32. The Morgan fingerprint density at radius 1 is 0.837 bits per heavy atom. The molecule has 260 valence electrons. The number of amides is 3. The number of likely N-dealkylation sites (tertiary alicyclic amines) is 2.